The summed E-state index contributed by atoms with van der Waals surface area (Å²) in [7, 11) is -3.24. The van der Waals surface area contributed by atoms with E-state index in [-0.39, 0.29) is 11.5 Å². The van der Waals surface area contributed by atoms with E-state index in [1.54, 1.807) is 24.3 Å². The molecule has 0 spiro atoms. The van der Waals surface area contributed by atoms with Crippen LogP contribution in [0.3, 0.4) is 0 Å². The third kappa shape index (κ3) is 3.76. The highest BCUT2D eigenvalue weighted by Gasteiger charge is 2.15. The molecule has 82 valence electrons. The lowest BCUT2D eigenvalue weighted by Gasteiger charge is -2.01. The number of hydrogen-bond acceptors (Lipinski definition) is 3. The van der Waals surface area contributed by atoms with Crippen molar-refractivity contribution in [1.82, 2.24) is 0 Å². The predicted octanol–water partition coefficient (Wildman–Crippen LogP) is 2.07. The van der Waals surface area contributed by atoms with Gasteiger partial charge in [0.05, 0.1) is 0 Å². The molecule has 0 aromatic heterocycles. The smallest absolute Gasteiger partial charge is 0.177 e. The fraction of sp³-hybridized carbons (Fsp3) is 0.300. The Balaban J connectivity index is 2.83. The summed E-state index contributed by atoms with van der Waals surface area (Å²) in [4.78, 5) is 11.5. The van der Waals surface area contributed by atoms with Crippen LogP contribution in [0, 0.1) is 0 Å². The Hall–Kier alpha value is -0.680. The minimum absolute atomic E-state index is 0.00469. The van der Waals surface area contributed by atoms with Crippen LogP contribution in [0.4, 0.5) is 0 Å². The summed E-state index contributed by atoms with van der Waals surface area (Å²) in [5.74, 6) is -0.773. The number of carbonyl (C=O) groups is 1. The van der Waals surface area contributed by atoms with Crippen LogP contribution in [-0.4, -0.2) is 25.7 Å². The molecule has 0 bridgehead atoms. The second-order valence-corrected chi connectivity index (χ2v) is 6.38. The summed E-state index contributed by atoms with van der Waals surface area (Å²) in [6.45, 7) is 1.53. The lowest BCUT2D eigenvalue weighted by atomic mass is 10.2. The first-order valence-corrected chi connectivity index (χ1v) is 7.05. The van der Waals surface area contributed by atoms with E-state index in [1.807, 2.05) is 0 Å². The first-order valence-electron chi connectivity index (χ1n) is 4.44. The predicted molar refractivity (Wildman–Crippen MR) is 62.8 cm³/mol. The monoisotopic (exact) mass is 290 g/mol. The first-order chi connectivity index (χ1) is 6.94. The van der Waals surface area contributed by atoms with Crippen molar-refractivity contribution in [3.8, 4) is 0 Å². The summed E-state index contributed by atoms with van der Waals surface area (Å²) in [5, 5.41) is 0. The SMILES string of the molecule is CCS(=O)(=O)CC(=O)c1ccc(Br)cc1. The molecule has 0 aliphatic carbocycles. The molecule has 1 aromatic rings. The standard InChI is InChI=1S/C10H11BrO3S/c1-2-15(13,14)7-10(12)8-3-5-9(11)6-4-8/h3-6H,2,7H2,1H3. The van der Waals surface area contributed by atoms with E-state index >= 15 is 0 Å². The van der Waals surface area contributed by atoms with Crippen LogP contribution in [0.2, 0.25) is 0 Å². The maximum Gasteiger partial charge on any atom is 0.177 e. The molecule has 0 saturated heterocycles. The first kappa shape index (κ1) is 12.4. The average molecular weight is 291 g/mol. The highest BCUT2D eigenvalue weighted by Crippen LogP contribution is 2.11. The van der Waals surface area contributed by atoms with Crippen molar-refractivity contribution in [3.05, 3.63) is 34.3 Å². The molecule has 0 aliphatic rings. The minimum atomic E-state index is -3.24. The van der Waals surface area contributed by atoms with Crippen molar-refractivity contribution in [2.75, 3.05) is 11.5 Å². The van der Waals surface area contributed by atoms with Gasteiger partial charge in [-0.25, -0.2) is 8.42 Å². The summed E-state index contributed by atoms with van der Waals surface area (Å²) >= 11 is 3.24. The molecule has 0 amide bonds. The van der Waals surface area contributed by atoms with Crippen molar-refractivity contribution in [2.45, 2.75) is 6.92 Å². The molecule has 0 N–H and O–H groups in total. The van der Waals surface area contributed by atoms with Crippen molar-refractivity contribution in [2.24, 2.45) is 0 Å². The normalized spacial score (nSPS) is 11.3. The van der Waals surface area contributed by atoms with Crippen LogP contribution >= 0.6 is 15.9 Å². The van der Waals surface area contributed by atoms with Crippen LogP contribution in [0.1, 0.15) is 17.3 Å². The van der Waals surface area contributed by atoms with E-state index in [0.29, 0.717) is 5.56 Å². The molecule has 0 atom stereocenters. The van der Waals surface area contributed by atoms with Crippen LogP contribution in [-0.2, 0) is 9.84 Å². The lowest BCUT2D eigenvalue weighted by molar-refractivity contribution is 0.102. The molecule has 0 fully saturated rings. The topological polar surface area (TPSA) is 51.2 Å². The number of rotatable bonds is 4. The molecule has 1 aromatic carbocycles. The van der Waals surface area contributed by atoms with E-state index in [9.17, 15) is 13.2 Å². The van der Waals surface area contributed by atoms with Gasteiger partial charge in [-0.2, -0.15) is 0 Å². The van der Waals surface area contributed by atoms with E-state index in [1.165, 1.54) is 6.92 Å². The minimum Gasteiger partial charge on any atom is -0.293 e. The van der Waals surface area contributed by atoms with Gasteiger partial charge in [0, 0.05) is 15.8 Å². The number of Topliss-reactive ketones (excluding diaryl/α,β-unsaturated/α-hetero) is 1. The van der Waals surface area contributed by atoms with Crippen LogP contribution in [0.25, 0.3) is 0 Å². The number of sulfone groups is 1. The fourth-order valence-corrected chi connectivity index (χ4v) is 2.06. The van der Waals surface area contributed by atoms with Gasteiger partial charge in [0.1, 0.15) is 5.75 Å². The zero-order valence-corrected chi connectivity index (χ0v) is 10.6. The quantitative estimate of drug-likeness (QED) is 0.798. The zero-order chi connectivity index (χ0) is 11.5. The third-order valence-corrected chi connectivity index (χ3v) is 4.07. The molecule has 5 heteroatoms. The summed E-state index contributed by atoms with van der Waals surface area (Å²) < 4.78 is 23.3. The Labute approximate surface area is 97.5 Å². The van der Waals surface area contributed by atoms with Gasteiger partial charge in [-0.15, -0.1) is 0 Å². The van der Waals surface area contributed by atoms with E-state index in [4.69, 9.17) is 0 Å². The van der Waals surface area contributed by atoms with Crippen molar-refractivity contribution >= 4 is 31.6 Å². The highest BCUT2D eigenvalue weighted by molar-refractivity contribution is 9.10. The number of hydrogen-bond donors (Lipinski definition) is 0. The molecule has 3 nitrogen and oxygen atoms in total. The van der Waals surface area contributed by atoms with Gasteiger partial charge in [-0.3, -0.25) is 4.79 Å². The molecule has 1 rings (SSSR count). The largest absolute Gasteiger partial charge is 0.293 e. The second-order valence-electron chi connectivity index (χ2n) is 3.11. The van der Waals surface area contributed by atoms with E-state index in [0.717, 1.165) is 4.47 Å². The number of benzene rings is 1. The Bertz CT molecular complexity index is 448. The molecule has 0 heterocycles. The number of carbonyl (C=O) groups excluding carboxylic acids is 1. The number of halogens is 1. The molecule has 0 unspecified atom stereocenters. The Morgan fingerprint density at radius 3 is 2.27 bits per heavy atom. The van der Waals surface area contributed by atoms with Gasteiger partial charge in [0.15, 0.2) is 15.6 Å². The maximum atomic E-state index is 11.5. The molecular formula is C10H11BrO3S. The maximum absolute atomic E-state index is 11.5. The summed E-state index contributed by atoms with van der Waals surface area (Å²) in [6.07, 6.45) is 0. The third-order valence-electron chi connectivity index (χ3n) is 1.96. The fourth-order valence-electron chi connectivity index (χ4n) is 1.02. The van der Waals surface area contributed by atoms with Gasteiger partial charge in [0.25, 0.3) is 0 Å². The molecular weight excluding hydrogens is 280 g/mol. The summed E-state index contributed by atoms with van der Waals surface area (Å²) in [6, 6.07) is 6.65. The van der Waals surface area contributed by atoms with Gasteiger partial charge in [-0.05, 0) is 12.1 Å². The average Bonchev–Trinajstić information content (AvgIpc) is 2.18. The second kappa shape index (κ2) is 4.90. The van der Waals surface area contributed by atoms with Gasteiger partial charge < -0.3 is 0 Å². The number of ketones is 1. The van der Waals surface area contributed by atoms with Crippen LogP contribution < -0.4 is 0 Å². The van der Waals surface area contributed by atoms with E-state index < -0.39 is 15.6 Å². The van der Waals surface area contributed by atoms with Gasteiger partial charge >= 0.3 is 0 Å². The van der Waals surface area contributed by atoms with Crippen molar-refractivity contribution in [3.63, 3.8) is 0 Å². The van der Waals surface area contributed by atoms with Crippen LogP contribution in [0.15, 0.2) is 28.7 Å². The molecule has 0 aliphatic heterocycles. The van der Waals surface area contributed by atoms with Gasteiger partial charge in [0.2, 0.25) is 0 Å². The molecule has 0 radical (unpaired) electrons. The van der Waals surface area contributed by atoms with E-state index in [2.05, 4.69) is 15.9 Å². The zero-order valence-electron chi connectivity index (χ0n) is 8.23. The Morgan fingerprint density at radius 2 is 1.80 bits per heavy atom. The summed E-state index contributed by atoms with van der Waals surface area (Å²) in [5.41, 5.74) is 0.426. The lowest BCUT2D eigenvalue weighted by Crippen LogP contribution is -2.17. The van der Waals surface area contributed by atoms with Gasteiger partial charge in [-0.1, -0.05) is 35.0 Å². The highest BCUT2D eigenvalue weighted by atomic mass is 79.9. The van der Waals surface area contributed by atoms with Crippen molar-refractivity contribution < 1.29 is 13.2 Å². The van der Waals surface area contributed by atoms with Crippen LogP contribution in [0.5, 0.6) is 0 Å². The Morgan fingerprint density at radius 1 is 1.27 bits per heavy atom. The van der Waals surface area contributed by atoms with Crippen molar-refractivity contribution in [1.29, 1.82) is 0 Å². The molecule has 15 heavy (non-hydrogen) atoms. The molecule has 0 saturated carbocycles. The Kier molecular flexibility index (Phi) is 4.04.